The second-order valence-electron chi connectivity index (χ2n) is 3.74. The molecule has 0 saturated carbocycles. The molecule has 0 fully saturated rings. The van der Waals surface area contributed by atoms with E-state index in [1.54, 1.807) is 0 Å². The first kappa shape index (κ1) is 9.59. The smallest absolute Gasteiger partial charge is 0.172 e. The Labute approximate surface area is 88.4 Å². The number of aromatic nitrogens is 2. The van der Waals surface area contributed by atoms with Crippen molar-refractivity contribution in [2.45, 2.75) is 19.0 Å². The van der Waals surface area contributed by atoms with E-state index in [1.165, 1.54) is 5.52 Å². The Morgan fingerprint density at radius 2 is 2.29 bits per heavy atom. The van der Waals surface area contributed by atoms with Gasteiger partial charge in [0.15, 0.2) is 5.16 Å². The van der Waals surface area contributed by atoms with Gasteiger partial charge < -0.3 is 0 Å². The predicted molar refractivity (Wildman–Crippen MR) is 60.8 cm³/mol. The minimum absolute atomic E-state index is 0.705. The second-order valence-corrected chi connectivity index (χ2v) is 4.73. The summed E-state index contributed by atoms with van der Waals surface area (Å²) in [5, 5.41) is 1.09. The van der Waals surface area contributed by atoms with Gasteiger partial charge in [0.05, 0.1) is 11.7 Å². The Morgan fingerprint density at radius 1 is 1.43 bits per heavy atom. The lowest BCUT2D eigenvalue weighted by Crippen LogP contribution is -1.93. The number of hydrogen-bond donors (Lipinski definition) is 0. The van der Waals surface area contributed by atoms with E-state index in [0.29, 0.717) is 5.92 Å². The first-order valence-corrected chi connectivity index (χ1v) is 5.81. The largest absolute Gasteiger partial charge is 0.295 e. The average Bonchev–Trinajstić information content (AvgIpc) is 2.58. The molecule has 2 nitrogen and oxygen atoms in total. The van der Waals surface area contributed by atoms with Crippen LogP contribution in [0.5, 0.6) is 0 Å². The van der Waals surface area contributed by atoms with Crippen LogP contribution >= 0.6 is 11.8 Å². The molecule has 0 aliphatic heterocycles. The molecule has 2 aromatic rings. The molecule has 74 valence electrons. The van der Waals surface area contributed by atoms with E-state index in [-0.39, 0.29) is 0 Å². The summed E-state index contributed by atoms with van der Waals surface area (Å²) in [5.74, 6) is 1.82. The van der Waals surface area contributed by atoms with Crippen LogP contribution in [0.15, 0.2) is 35.7 Å². The third-order valence-electron chi connectivity index (χ3n) is 1.95. The summed E-state index contributed by atoms with van der Waals surface area (Å²) in [5.41, 5.74) is 1.17. The Balaban J connectivity index is 2.25. The number of rotatable bonds is 3. The van der Waals surface area contributed by atoms with Crippen molar-refractivity contribution in [1.29, 1.82) is 0 Å². The SMILES string of the molecule is CC(C)CSc1ncc2ccccn12. The minimum atomic E-state index is 0.705. The molecule has 2 aromatic heterocycles. The van der Waals surface area contributed by atoms with E-state index in [2.05, 4.69) is 35.5 Å². The van der Waals surface area contributed by atoms with Crippen molar-refractivity contribution in [3.8, 4) is 0 Å². The molecule has 0 aliphatic carbocycles. The van der Waals surface area contributed by atoms with Crippen molar-refractivity contribution in [2.24, 2.45) is 5.92 Å². The van der Waals surface area contributed by atoms with Crippen LogP contribution in [-0.2, 0) is 0 Å². The summed E-state index contributed by atoms with van der Waals surface area (Å²) in [6.07, 6.45) is 3.98. The molecule has 3 heteroatoms. The van der Waals surface area contributed by atoms with Crippen LogP contribution in [0.3, 0.4) is 0 Å². The van der Waals surface area contributed by atoms with E-state index in [4.69, 9.17) is 0 Å². The molecule has 2 heterocycles. The molecule has 0 spiro atoms. The van der Waals surface area contributed by atoms with E-state index in [1.807, 2.05) is 30.1 Å². The molecule has 0 unspecified atom stereocenters. The van der Waals surface area contributed by atoms with Crippen molar-refractivity contribution in [2.75, 3.05) is 5.75 Å². The summed E-state index contributed by atoms with van der Waals surface area (Å²) < 4.78 is 2.13. The number of pyridine rings is 1. The Morgan fingerprint density at radius 3 is 3.07 bits per heavy atom. The molecule has 2 rings (SSSR count). The van der Waals surface area contributed by atoms with Crippen molar-refractivity contribution < 1.29 is 0 Å². The molecule has 0 aliphatic rings. The summed E-state index contributed by atoms with van der Waals surface area (Å²) in [4.78, 5) is 4.39. The van der Waals surface area contributed by atoms with Gasteiger partial charge in [-0.15, -0.1) is 0 Å². The van der Waals surface area contributed by atoms with Crippen LogP contribution in [0.25, 0.3) is 5.52 Å². The summed E-state index contributed by atoms with van der Waals surface area (Å²) in [6.45, 7) is 4.45. The monoisotopic (exact) mass is 206 g/mol. The normalized spacial score (nSPS) is 11.4. The Bertz CT molecular complexity index is 420. The van der Waals surface area contributed by atoms with Crippen LogP contribution in [0.1, 0.15) is 13.8 Å². The number of imidazole rings is 1. The molecule has 0 saturated heterocycles. The molecular weight excluding hydrogens is 192 g/mol. The summed E-state index contributed by atoms with van der Waals surface area (Å²) in [7, 11) is 0. The maximum atomic E-state index is 4.39. The van der Waals surface area contributed by atoms with E-state index in [0.717, 1.165) is 10.9 Å². The standard InChI is InChI=1S/C11H14N2S/c1-9(2)8-14-11-12-7-10-5-3-4-6-13(10)11/h3-7,9H,8H2,1-2H3. The fourth-order valence-electron chi connectivity index (χ4n) is 1.27. The first-order chi connectivity index (χ1) is 6.77. The van der Waals surface area contributed by atoms with E-state index in [9.17, 15) is 0 Å². The van der Waals surface area contributed by atoms with E-state index < -0.39 is 0 Å². The van der Waals surface area contributed by atoms with Crippen molar-refractivity contribution in [3.63, 3.8) is 0 Å². The highest BCUT2D eigenvalue weighted by Crippen LogP contribution is 2.20. The molecule has 0 aromatic carbocycles. The zero-order chi connectivity index (χ0) is 9.97. The lowest BCUT2D eigenvalue weighted by atomic mass is 10.3. The third kappa shape index (κ3) is 1.93. The lowest BCUT2D eigenvalue weighted by molar-refractivity contribution is 0.747. The van der Waals surface area contributed by atoms with Gasteiger partial charge >= 0.3 is 0 Å². The number of hydrogen-bond acceptors (Lipinski definition) is 2. The molecule has 0 bridgehead atoms. The lowest BCUT2D eigenvalue weighted by Gasteiger charge is -2.03. The van der Waals surface area contributed by atoms with Crippen LogP contribution in [-0.4, -0.2) is 15.1 Å². The first-order valence-electron chi connectivity index (χ1n) is 4.82. The molecule has 0 N–H and O–H groups in total. The predicted octanol–water partition coefficient (Wildman–Crippen LogP) is 3.08. The highest BCUT2D eigenvalue weighted by atomic mass is 32.2. The number of fused-ring (bicyclic) bond motifs is 1. The van der Waals surface area contributed by atoms with Gasteiger partial charge in [0.1, 0.15) is 0 Å². The van der Waals surface area contributed by atoms with Crippen LogP contribution in [0, 0.1) is 5.92 Å². The number of nitrogens with zero attached hydrogens (tertiary/aromatic N) is 2. The van der Waals surface area contributed by atoms with Gasteiger partial charge in [0, 0.05) is 11.9 Å². The van der Waals surface area contributed by atoms with Crippen LogP contribution in [0.2, 0.25) is 0 Å². The van der Waals surface area contributed by atoms with Crippen molar-refractivity contribution in [1.82, 2.24) is 9.38 Å². The average molecular weight is 206 g/mol. The van der Waals surface area contributed by atoms with Gasteiger partial charge in [-0.3, -0.25) is 4.40 Å². The number of thioether (sulfide) groups is 1. The summed E-state index contributed by atoms with van der Waals surface area (Å²) in [6, 6.07) is 6.15. The molecule has 0 radical (unpaired) electrons. The van der Waals surface area contributed by atoms with Gasteiger partial charge in [-0.05, 0) is 18.1 Å². The highest BCUT2D eigenvalue weighted by Gasteiger charge is 2.03. The molecule has 14 heavy (non-hydrogen) atoms. The highest BCUT2D eigenvalue weighted by molar-refractivity contribution is 7.99. The van der Waals surface area contributed by atoms with Gasteiger partial charge in [-0.1, -0.05) is 31.7 Å². The van der Waals surface area contributed by atoms with Gasteiger partial charge in [-0.2, -0.15) is 0 Å². The fourth-order valence-corrected chi connectivity index (χ4v) is 2.18. The third-order valence-corrected chi connectivity index (χ3v) is 3.34. The summed E-state index contributed by atoms with van der Waals surface area (Å²) >= 11 is 1.82. The Kier molecular flexibility index (Phi) is 2.77. The van der Waals surface area contributed by atoms with Crippen LogP contribution < -0.4 is 0 Å². The maximum Gasteiger partial charge on any atom is 0.172 e. The Hall–Kier alpha value is -0.960. The quantitative estimate of drug-likeness (QED) is 0.718. The zero-order valence-electron chi connectivity index (χ0n) is 8.47. The second kappa shape index (κ2) is 4.05. The minimum Gasteiger partial charge on any atom is -0.295 e. The fraction of sp³-hybridized carbons (Fsp3) is 0.364. The topological polar surface area (TPSA) is 17.3 Å². The zero-order valence-corrected chi connectivity index (χ0v) is 9.29. The molecular formula is C11H14N2S. The van der Waals surface area contributed by atoms with Gasteiger partial charge in [0.25, 0.3) is 0 Å². The van der Waals surface area contributed by atoms with Gasteiger partial charge in [-0.25, -0.2) is 4.98 Å². The molecule has 0 amide bonds. The van der Waals surface area contributed by atoms with Crippen molar-refractivity contribution in [3.05, 3.63) is 30.6 Å². The van der Waals surface area contributed by atoms with Gasteiger partial charge in [0.2, 0.25) is 0 Å². The maximum absolute atomic E-state index is 4.39. The van der Waals surface area contributed by atoms with Crippen LogP contribution in [0.4, 0.5) is 0 Å². The molecule has 0 atom stereocenters. The van der Waals surface area contributed by atoms with Crippen molar-refractivity contribution >= 4 is 17.3 Å². The van der Waals surface area contributed by atoms with E-state index >= 15 is 0 Å².